The van der Waals surface area contributed by atoms with Crippen LogP contribution in [0.5, 0.6) is 0 Å². The highest BCUT2D eigenvalue weighted by molar-refractivity contribution is 5.76. The van der Waals surface area contributed by atoms with Crippen LogP contribution in [0.3, 0.4) is 0 Å². The van der Waals surface area contributed by atoms with Gasteiger partial charge in [-0.2, -0.15) is 5.48 Å². The smallest absolute Gasteiger partial charge is 0.407 e. The molecule has 0 bridgehead atoms. The first-order valence-electron chi connectivity index (χ1n) is 8.47. The molecule has 1 heterocycles. The molecule has 0 fully saturated rings. The fraction of sp³-hybridized carbons (Fsp3) is 0.529. The highest BCUT2D eigenvalue weighted by Gasteiger charge is 2.11. The van der Waals surface area contributed by atoms with Gasteiger partial charge in [0.05, 0.1) is 19.2 Å². The average Bonchev–Trinajstić information content (AvgIpc) is 2.89. The number of rotatable bonds is 8. The summed E-state index contributed by atoms with van der Waals surface area (Å²) in [5, 5.41) is 0. The maximum Gasteiger partial charge on any atom is 0.419 e. The van der Waals surface area contributed by atoms with E-state index in [4.69, 9.17) is 14.1 Å². The Bertz CT molecular complexity index is 708. The van der Waals surface area contributed by atoms with Crippen LogP contribution in [0.25, 0.3) is 11.1 Å². The summed E-state index contributed by atoms with van der Waals surface area (Å²) in [5.74, 6) is -0.644. The maximum atomic E-state index is 11.9. The fourth-order valence-corrected chi connectivity index (χ4v) is 2.11. The number of fused-ring (bicyclic) bond motifs is 1. The predicted octanol–water partition coefficient (Wildman–Crippen LogP) is 1.61. The lowest BCUT2D eigenvalue weighted by molar-refractivity contribution is -0.830. The minimum Gasteiger partial charge on any atom is -0.407 e. The van der Waals surface area contributed by atoms with Gasteiger partial charge in [-0.25, -0.2) is 15.1 Å². The van der Waals surface area contributed by atoms with E-state index in [0.29, 0.717) is 30.7 Å². The molecule has 0 aliphatic carbocycles. The van der Waals surface area contributed by atoms with E-state index in [2.05, 4.69) is 19.3 Å². The summed E-state index contributed by atoms with van der Waals surface area (Å²) in [4.78, 5) is 33.1. The lowest BCUT2D eigenvalue weighted by Gasteiger charge is -2.04. The number of hydroxylamine groups is 1. The summed E-state index contributed by atoms with van der Waals surface area (Å²) in [6, 6.07) is 5.36. The van der Waals surface area contributed by atoms with E-state index in [1.807, 2.05) is 6.07 Å². The van der Waals surface area contributed by atoms with Gasteiger partial charge in [0.15, 0.2) is 11.3 Å². The lowest BCUT2D eigenvalue weighted by atomic mass is 10.2. The van der Waals surface area contributed by atoms with Crippen molar-refractivity contribution in [3.8, 4) is 0 Å². The molecule has 25 heavy (non-hydrogen) atoms. The molecular formula is C17H28N3O5+. The van der Waals surface area contributed by atoms with Crippen molar-refractivity contribution in [2.45, 2.75) is 46.6 Å². The van der Waals surface area contributed by atoms with Crippen LogP contribution >= 0.6 is 0 Å². The third kappa shape index (κ3) is 6.69. The molecule has 0 aliphatic heterocycles. The monoisotopic (exact) mass is 354 g/mol. The van der Waals surface area contributed by atoms with Gasteiger partial charge in [0, 0.05) is 25.1 Å². The quantitative estimate of drug-likeness (QED) is 0.554. The number of nitrogens with two attached hydrogens (primary N) is 1. The van der Waals surface area contributed by atoms with E-state index in [9.17, 15) is 9.59 Å². The molecule has 3 N–H and O–H groups in total. The second kappa shape index (κ2) is 11.4. The van der Waals surface area contributed by atoms with Crippen molar-refractivity contribution in [3.63, 3.8) is 0 Å². The number of amides is 1. The number of aromatic nitrogens is 1. The molecule has 0 radical (unpaired) electrons. The van der Waals surface area contributed by atoms with Crippen LogP contribution in [-0.2, 0) is 21.0 Å². The Morgan fingerprint density at radius 2 is 2.04 bits per heavy atom. The van der Waals surface area contributed by atoms with Gasteiger partial charge >= 0.3 is 5.76 Å². The minimum absolute atomic E-state index is 0.209. The Hall–Kier alpha value is -2.16. The lowest BCUT2D eigenvalue weighted by Crippen LogP contribution is -2.75. The Balaban J connectivity index is 0.000000970. The zero-order valence-electron chi connectivity index (χ0n) is 15.3. The number of hydrogen-bond acceptors (Lipinski definition) is 5. The van der Waals surface area contributed by atoms with E-state index < -0.39 is 5.76 Å². The van der Waals surface area contributed by atoms with Gasteiger partial charge in [-0.1, -0.05) is 20.3 Å². The first-order chi connectivity index (χ1) is 12.1. The molecule has 0 aliphatic rings. The van der Waals surface area contributed by atoms with E-state index in [1.54, 1.807) is 31.6 Å². The summed E-state index contributed by atoms with van der Waals surface area (Å²) < 4.78 is 6.73. The summed E-state index contributed by atoms with van der Waals surface area (Å²) in [6.45, 7) is 6.85. The van der Waals surface area contributed by atoms with E-state index in [1.165, 1.54) is 11.0 Å². The molecule has 8 heteroatoms. The largest absolute Gasteiger partial charge is 0.419 e. The number of quaternary nitrogens is 1. The zero-order valence-corrected chi connectivity index (χ0v) is 15.3. The molecule has 0 saturated heterocycles. The number of benzene rings is 1. The molecule has 8 nitrogen and oxygen atoms in total. The highest BCUT2D eigenvalue weighted by Crippen LogP contribution is 2.16. The average molecular weight is 354 g/mol. The predicted molar refractivity (Wildman–Crippen MR) is 94.0 cm³/mol. The van der Waals surface area contributed by atoms with Crippen molar-refractivity contribution in [2.75, 3.05) is 13.7 Å². The first-order valence-corrected chi connectivity index (χ1v) is 8.47. The molecule has 140 valence electrons. The van der Waals surface area contributed by atoms with Crippen LogP contribution in [0.15, 0.2) is 27.4 Å². The third-order valence-electron chi connectivity index (χ3n) is 3.06. The topological polar surface area (TPSA) is 99.3 Å². The number of aryl methyl sites for hydroxylation is 1. The van der Waals surface area contributed by atoms with Crippen LogP contribution in [0.4, 0.5) is 5.69 Å². The van der Waals surface area contributed by atoms with Crippen LogP contribution in [-0.4, -0.2) is 24.2 Å². The molecule has 1 amide bonds. The summed E-state index contributed by atoms with van der Waals surface area (Å²) in [6.07, 6.45) is 2.04. The van der Waals surface area contributed by atoms with Crippen LogP contribution < -0.4 is 16.7 Å². The highest BCUT2D eigenvalue weighted by atomic mass is 16.6. The molecule has 2 rings (SSSR count). The number of hydrogen-bond donors (Lipinski definition) is 2. The summed E-state index contributed by atoms with van der Waals surface area (Å²) >= 11 is 0. The third-order valence-corrected chi connectivity index (χ3v) is 3.06. The zero-order chi connectivity index (χ0) is 18.7. The maximum absolute atomic E-state index is 11.9. The number of carbonyl (C=O) groups excluding carboxylic acids is 1. The van der Waals surface area contributed by atoms with Crippen molar-refractivity contribution in [2.24, 2.45) is 0 Å². The SMILES string of the molecule is CCC.CCONC(=O)CCCn1c(=O)oc2cc([NH2+]OC)ccc21. The molecule has 1 aromatic carbocycles. The van der Waals surface area contributed by atoms with Gasteiger partial charge in [-0.05, 0) is 19.4 Å². The van der Waals surface area contributed by atoms with E-state index >= 15 is 0 Å². The second-order valence-electron chi connectivity index (χ2n) is 5.37. The van der Waals surface area contributed by atoms with Crippen molar-refractivity contribution >= 4 is 22.7 Å². The molecule has 0 spiro atoms. The fourth-order valence-electron chi connectivity index (χ4n) is 2.11. The standard InChI is InChI=1S/C14H19N3O5.C3H8/c1-3-21-16-13(18)5-4-8-17-11-7-6-10(15-20-2)9-12(11)22-14(17)19;1-3-2/h6-7,9,15H,3-5,8H2,1-2H3,(H,16,18);3H2,1-2H3/p+1. The summed E-state index contributed by atoms with van der Waals surface area (Å²) in [7, 11) is 1.55. The molecule has 0 saturated carbocycles. The molecule has 0 atom stereocenters. The Morgan fingerprint density at radius 1 is 1.32 bits per heavy atom. The Labute approximate surface area is 147 Å². The van der Waals surface area contributed by atoms with Gasteiger partial charge < -0.3 is 4.42 Å². The van der Waals surface area contributed by atoms with Gasteiger partial charge in [-0.3, -0.25) is 14.2 Å². The minimum atomic E-state index is -0.435. The number of carbonyl (C=O) groups is 1. The van der Waals surface area contributed by atoms with Crippen molar-refractivity contribution in [1.29, 1.82) is 0 Å². The molecule has 0 unspecified atom stereocenters. The number of nitrogens with one attached hydrogen (secondary N) is 1. The summed E-state index contributed by atoms with van der Waals surface area (Å²) in [5.41, 5.74) is 5.89. The van der Waals surface area contributed by atoms with Gasteiger partial charge in [0.2, 0.25) is 5.91 Å². The number of nitrogens with zero attached hydrogens (tertiary/aromatic N) is 1. The van der Waals surface area contributed by atoms with Crippen LogP contribution in [0.2, 0.25) is 0 Å². The Morgan fingerprint density at radius 3 is 2.68 bits per heavy atom. The van der Waals surface area contributed by atoms with Crippen LogP contribution in [0, 0.1) is 0 Å². The van der Waals surface area contributed by atoms with E-state index in [-0.39, 0.29) is 12.3 Å². The second-order valence-corrected chi connectivity index (χ2v) is 5.37. The van der Waals surface area contributed by atoms with Gasteiger partial charge in [0.25, 0.3) is 0 Å². The first kappa shape index (κ1) is 20.9. The van der Waals surface area contributed by atoms with Gasteiger partial charge in [-0.15, -0.1) is 0 Å². The normalized spacial score (nSPS) is 10.4. The van der Waals surface area contributed by atoms with Crippen LogP contribution in [0.1, 0.15) is 40.0 Å². The van der Waals surface area contributed by atoms with Crippen molar-refractivity contribution in [3.05, 3.63) is 28.7 Å². The van der Waals surface area contributed by atoms with Crippen molar-refractivity contribution in [1.82, 2.24) is 10.0 Å². The molecule has 2 aromatic rings. The van der Waals surface area contributed by atoms with Gasteiger partial charge in [0.1, 0.15) is 0 Å². The molecular weight excluding hydrogens is 326 g/mol. The van der Waals surface area contributed by atoms with Crippen molar-refractivity contribution < 1.29 is 24.4 Å². The number of oxazole rings is 1. The Kier molecular flexibility index (Phi) is 9.53. The molecule has 1 aromatic heterocycles. The van der Waals surface area contributed by atoms with E-state index in [0.717, 1.165) is 5.69 Å².